The summed E-state index contributed by atoms with van der Waals surface area (Å²) in [6, 6.07) is -0.213. The van der Waals surface area contributed by atoms with Crippen LogP contribution in [0.15, 0.2) is 18.7 Å². The van der Waals surface area contributed by atoms with Gasteiger partial charge in [0.05, 0.1) is 17.8 Å². The van der Waals surface area contributed by atoms with Crippen LogP contribution in [-0.4, -0.2) is 30.9 Å². The molecule has 2 aromatic rings. The molecule has 0 fully saturated rings. The Labute approximate surface area is 91.9 Å². The fourth-order valence-corrected chi connectivity index (χ4v) is 1.31. The van der Waals surface area contributed by atoms with Gasteiger partial charge in [-0.1, -0.05) is 0 Å². The zero-order valence-corrected chi connectivity index (χ0v) is 9.01. The van der Waals surface area contributed by atoms with Crippen molar-refractivity contribution in [3.05, 3.63) is 30.1 Å². The van der Waals surface area contributed by atoms with E-state index in [1.807, 2.05) is 6.92 Å². The summed E-state index contributed by atoms with van der Waals surface area (Å²) in [5.74, 6) is 0.439. The van der Waals surface area contributed by atoms with Crippen molar-refractivity contribution in [1.29, 1.82) is 0 Å². The van der Waals surface area contributed by atoms with E-state index in [1.54, 1.807) is 17.9 Å². The van der Waals surface area contributed by atoms with Crippen molar-refractivity contribution < 1.29 is 4.79 Å². The van der Waals surface area contributed by atoms with E-state index < -0.39 is 0 Å². The van der Waals surface area contributed by atoms with Gasteiger partial charge in [0.15, 0.2) is 0 Å². The van der Waals surface area contributed by atoms with Crippen LogP contribution in [-0.2, 0) is 7.05 Å². The van der Waals surface area contributed by atoms with Crippen LogP contribution in [0.5, 0.6) is 0 Å². The molecule has 84 valence electrons. The van der Waals surface area contributed by atoms with Gasteiger partial charge in [-0.05, 0) is 6.92 Å². The first kappa shape index (κ1) is 10.3. The summed E-state index contributed by atoms with van der Waals surface area (Å²) >= 11 is 0. The van der Waals surface area contributed by atoms with Crippen molar-refractivity contribution in [3.8, 4) is 0 Å². The number of aryl methyl sites for hydroxylation is 1. The molecule has 16 heavy (non-hydrogen) atoms. The maximum absolute atomic E-state index is 11.7. The van der Waals surface area contributed by atoms with Crippen LogP contribution >= 0.6 is 0 Å². The van der Waals surface area contributed by atoms with Crippen molar-refractivity contribution >= 4 is 5.91 Å². The van der Waals surface area contributed by atoms with E-state index in [4.69, 9.17) is 0 Å². The number of hydrogen-bond acceptors (Lipinski definition) is 4. The van der Waals surface area contributed by atoms with E-state index in [0.29, 0.717) is 11.4 Å². The van der Waals surface area contributed by atoms with Gasteiger partial charge in [0.2, 0.25) is 0 Å². The molecule has 0 bridgehead atoms. The molecule has 7 heteroatoms. The van der Waals surface area contributed by atoms with Gasteiger partial charge in [0, 0.05) is 13.2 Å². The highest BCUT2D eigenvalue weighted by molar-refractivity contribution is 5.93. The quantitative estimate of drug-likeness (QED) is 0.763. The van der Waals surface area contributed by atoms with Crippen molar-refractivity contribution in [2.24, 2.45) is 7.05 Å². The summed E-state index contributed by atoms with van der Waals surface area (Å²) in [7, 11) is 1.76. The third kappa shape index (κ3) is 2.08. The summed E-state index contributed by atoms with van der Waals surface area (Å²) < 4.78 is 1.58. The molecule has 2 aromatic heterocycles. The lowest BCUT2D eigenvalue weighted by molar-refractivity contribution is 0.0938. The molecule has 1 unspecified atom stereocenters. The molecule has 2 heterocycles. The monoisotopic (exact) mass is 220 g/mol. The molecule has 0 aliphatic rings. The summed E-state index contributed by atoms with van der Waals surface area (Å²) in [6.07, 6.45) is 4.58. The lowest BCUT2D eigenvalue weighted by Gasteiger charge is -2.09. The Kier molecular flexibility index (Phi) is 2.67. The fraction of sp³-hybridized carbons (Fsp3) is 0.333. The highest BCUT2D eigenvalue weighted by Crippen LogP contribution is 2.06. The van der Waals surface area contributed by atoms with Gasteiger partial charge in [-0.25, -0.2) is 4.98 Å². The van der Waals surface area contributed by atoms with E-state index in [-0.39, 0.29) is 11.9 Å². The van der Waals surface area contributed by atoms with Crippen LogP contribution in [0.4, 0.5) is 0 Å². The third-order valence-corrected chi connectivity index (χ3v) is 2.16. The lowest BCUT2D eigenvalue weighted by Crippen LogP contribution is -2.27. The van der Waals surface area contributed by atoms with Gasteiger partial charge in [-0.3, -0.25) is 14.6 Å². The van der Waals surface area contributed by atoms with E-state index in [0.717, 1.165) is 0 Å². The highest BCUT2D eigenvalue weighted by atomic mass is 16.1. The molecule has 0 saturated carbocycles. The van der Waals surface area contributed by atoms with Gasteiger partial charge in [0.1, 0.15) is 12.2 Å². The largest absolute Gasteiger partial charge is 0.342 e. The molecule has 0 aliphatic heterocycles. The molecule has 7 nitrogen and oxygen atoms in total. The minimum Gasteiger partial charge on any atom is -0.342 e. The van der Waals surface area contributed by atoms with Gasteiger partial charge < -0.3 is 5.32 Å². The number of aromatic amines is 1. The molecule has 0 radical (unpaired) electrons. The highest BCUT2D eigenvalue weighted by Gasteiger charge is 2.14. The van der Waals surface area contributed by atoms with E-state index >= 15 is 0 Å². The van der Waals surface area contributed by atoms with Crippen LogP contribution in [0.2, 0.25) is 0 Å². The second-order valence-corrected chi connectivity index (χ2v) is 3.47. The molecule has 0 aliphatic carbocycles. The Morgan fingerprint density at radius 2 is 2.44 bits per heavy atom. The van der Waals surface area contributed by atoms with Crippen molar-refractivity contribution in [2.75, 3.05) is 0 Å². The average molecular weight is 220 g/mol. The number of amides is 1. The van der Waals surface area contributed by atoms with Crippen LogP contribution < -0.4 is 5.32 Å². The summed E-state index contributed by atoms with van der Waals surface area (Å²) in [6.45, 7) is 1.83. The summed E-state index contributed by atoms with van der Waals surface area (Å²) in [4.78, 5) is 15.7. The zero-order valence-electron chi connectivity index (χ0n) is 9.01. The summed E-state index contributed by atoms with van der Waals surface area (Å²) in [5.41, 5.74) is 0.522. The first-order chi connectivity index (χ1) is 7.66. The number of nitrogens with zero attached hydrogens (tertiary/aromatic N) is 4. The number of nitrogens with one attached hydrogen (secondary N) is 2. The Hall–Kier alpha value is -2.18. The molecule has 2 N–H and O–H groups in total. The van der Waals surface area contributed by atoms with Crippen molar-refractivity contribution in [2.45, 2.75) is 13.0 Å². The van der Waals surface area contributed by atoms with Gasteiger partial charge in [0.25, 0.3) is 5.91 Å². The summed E-state index contributed by atoms with van der Waals surface area (Å²) in [5, 5.41) is 13.1. The van der Waals surface area contributed by atoms with Gasteiger partial charge >= 0.3 is 0 Å². The first-order valence-corrected chi connectivity index (χ1v) is 4.81. The Morgan fingerprint density at radius 1 is 1.62 bits per heavy atom. The molecule has 0 aromatic carbocycles. The molecular formula is C9H12N6O. The average Bonchev–Trinajstić information content (AvgIpc) is 2.87. The normalized spacial score (nSPS) is 12.4. The van der Waals surface area contributed by atoms with Crippen LogP contribution in [0.3, 0.4) is 0 Å². The lowest BCUT2D eigenvalue weighted by atomic mass is 10.2. The van der Waals surface area contributed by atoms with E-state index in [9.17, 15) is 4.79 Å². The maximum atomic E-state index is 11.7. The van der Waals surface area contributed by atoms with Crippen LogP contribution in [0.1, 0.15) is 29.1 Å². The van der Waals surface area contributed by atoms with Crippen molar-refractivity contribution in [1.82, 2.24) is 30.3 Å². The van der Waals surface area contributed by atoms with Crippen LogP contribution in [0.25, 0.3) is 0 Å². The molecule has 1 atom stereocenters. The number of carbonyl (C=O) groups is 1. The fourth-order valence-electron chi connectivity index (χ4n) is 1.31. The predicted octanol–water partition coefficient (Wildman–Crippen LogP) is 0.0292. The SMILES string of the molecule is CC(NC(=O)c1cnn(C)c1)c1ncn[nH]1. The smallest absolute Gasteiger partial charge is 0.255 e. The van der Waals surface area contributed by atoms with Crippen LogP contribution in [0, 0.1) is 0 Å². The van der Waals surface area contributed by atoms with Gasteiger partial charge in [-0.2, -0.15) is 10.2 Å². The molecule has 1 amide bonds. The Balaban J connectivity index is 2.03. The van der Waals surface area contributed by atoms with E-state index in [1.165, 1.54) is 12.5 Å². The van der Waals surface area contributed by atoms with E-state index in [2.05, 4.69) is 25.6 Å². The first-order valence-electron chi connectivity index (χ1n) is 4.81. The number of rotatable bonds is 3. The second kappa shape index (κ2) is 4.13. The molecule has 0 spiro atoms. The minimum absolute atomic E-state index is 0.183. The standard InChI is InChI=1S/C9H12N6O/c1-6(8-10-5-11-14-8)13-9(16)7-3-12-15(2)4-7/h3-6H,1-2H3,(H,13,16)(H,10,11,14). The number of H-pyrrole nitrogens is 1. The Bertz CT molecular complexity index is 474. The maximum Gasteiger partial charge on any atom is 0.255 e. The van der Waals surface area contributed by atoms with Gasteiger partial charge in [-0.15, -0.1) is 0 Å². The topological polar surface area (TPSA) is 88.5 Å². The number of hydrogen-bond donors (Lipinski definition) is 2. The number of carbonyl (C=O) groups excluding carboxylic acids is 1. The molecular weight excluding hydrogens is 208 g/mol. The second-order valence-electron chi connectivity index (χ2n) is 3.47. The number of aromatic nitrogens is 5. The minimum atomic E-state index is -0.213. The van der Waals surface area contributed by atoms with Crippen molar-refractivity contribution in [3.63, 3.8) is 0 Å². The zero-order chi connectivity index (χ0) is 11.5. The molecule has 0 saturated heterocycles. The molecule has 2 rings (SSSR count). The third-order valence-electron chi connectivity index (χ3n) is 2.16. The Morgan fingerprint density at radius 3 is 3.00 bits per heavy atom. The predicted molar refractivity (Wildman–Crippen MR) is 55.5 cm³/mol.